The summed E-state index contributed by atoms with van der Waals surface area (Å²) in [4.78, 5) is 6.16. The molecule has 0 aliphatic rings. The van der Waals surface area contributed by atoms with Gasteiger partial charge in [0.15, 0.2) is 0 Å². The molecule has 0 saturated heterocycles. The van der Waals surface area contributed by atoms with Crippen molar-refractivity contribution < 1.29 is 17.9 Å². The predicted octanol–water partition coefficient (Wildman–Crippen LogP) is 2.88. The molecule has 0 aromatic carbocycles. The van der Waals surface area contributed by atoms with Gasteiger partial charge in [-0.15, -0.1) is 0 Å². The maximum Gasteiger partial charge on any atom is 0.392 e. The van der Waals surface area contributed by atoms with E-state index in [-0.39, 0.29) is 12.3 Å². The molecule has 18 heavy (non-hydrogen) atoms. The second-order valence-electron chi connectivity index (χ2n) is 4.19. The van der Waals surface area contributed by atoms with Gasteiger partial charge < -0.3 is 4.74 Å². The van der Waals surface area contributed by atoms with Gasteiger partial charge >= 0.3 is 6.18 Å². The Labute approximate surface area is 106 Å². The molecule has 0 heterocycles. The Balaban J connectivity index is 4.12. The number of ether oxygens (including phenoxy) is 1. The highest BCUT2D eigenvalue weighted by atomic mass is 19.4. The molecule has 0 rings (SSSR count). The second kappa shape index (κ2) is 8.26. The highest BCUT2D eigenvalue weighted by molar-refractivity contribution is 5.63. The van der Waals surface area contributed by atoms with E-state index in [1.54, 1.807) is 6.21 Å². The molecule has 0 fully saturated rings. The monoisotopic (exact) mass is 266 g/mol. The molecule has 0 amide bonds. The van der Waals surface area contributed by atoms with Gasteiger partial charge in [-0.3, -0.25) is 9.89 Å². The summed E-state index contributed by atoms with van der Waals surface area (Å²) in [6.45, 7) is 1.92. The lowest BCUT2D eigenvalue weighted by Crippen LogP contribution is -2.24. The third kappa shape index (κ3) is 9.18. The van der Waals surface area contributed by atoms with E-state index in [4.69, 9.17) is 4.74 Å². The first-order chi connectivity index (χ1) is 8.26. The van der Waals surface area contributed by atoms with Crippen LogP contribution in [-0.4, -0.2) is 50.8 Å². The van der Waals surface area contributed by atoms with Crippen molar-refractivity contribution in [1.82, 2.24) is 4.90 Å². The molecule has 0 aliphatic carbocycles. The first-order valence-corrected chi connectivity index (χ1v) is 5.70. The number of methoxy groups -OCH3 is 1. The minimum atomic E-state index is -4.15. The van der Waals surface area contributed by atoms with Crippen LogP contribution >= 0.6 is 0 Å². The van der Waals surface area contributed by atoms with E-state index >= 15 is 0 Å². The lowest BCUT2D eigenvalue weighted by atomic mass is 10.2. The molecule has 106 valence electrons. The van der Waals surface area contributed by atoms with Gasteiger partial charge in [0.1, 0.15) is 0 Å². The van der Waals surface area contributed by atoms with E-state index in [2.05, 4.69) is 4.99 Å². The van der Waals surface area contributed by atoms with Gasteiger partial charge in [-0.05, 0) is 27.4 Å². The van der Waals surface area contributed by atoms with Crippen LogP contribution in [0.4, 0.5) is 13.2 Å². The first-order valence-electron chi connectivity index (χ1n) is 5.70. The molecule has 2 unspecified atom stereocenters. The zero-order valence-corrected chi connectivity index (χ0v) is 11.2. The van der Waals surface area contributed by atoms with Crippen molar-refractivity contribution in [2.75, 3.05) is 21.2 Å². The Morgan fingerprint density at radius 3 is 2.33 bits per heavy atom. The summed E-state index contributed by atoms with van der Waals surface area (Å²) in [6, 6.07) is 0. The molecule has 0 bridgehead atoms. The molecule has 0 saturated carbocycles. The number of hydrogen-bond donors (Lipinski definition) is 0. The topological polar surface area (TPSA) is 24.8 Å². The van der Waals surface area contributed by atoms with Crippen molar-refractivity contribution in [2.24, 2.45) is 4.99 Å². The van der Waals surface area contributed by atoms with Crippen LogP contribution in [0.1, 0.15) is 19.8 Å². The molecule has 0 radical (unpaired) electrons. The fourth-order valence-electron chi connectivity index (χ4n) is 1.02. The number of aliphatic imine (C=N–C) groups is 1. The Hall–Kier alpha value is -0.880. The number of allylic oxidation sites excluding steroid dienone is 1. The van der Waals surface area contributed by atoms with Crippen LogP contribution < -0.4 is 0 Å². The molecule has 0 N–H and O–H groups in total. The smallest absolute Gasteiger partial charge is 0.375 e. The van der Waals surface area contributed by atoms with Gasteiger partial charge in [-0.1, -0.05) is 12.2 Å². The average Bonchev–Trinajstić information content (AvgIpc) is 2.26. The number of rotatable bonds is 7. The lowest BCUT2D eigenvalue weighted by Gasteiger charge is -2.16. The summed E-state index contributed by atoms with van der Waals surface area (Å²) in [7, 11) is 5.30. The van der Waals surface area contributed by atoms with Crippen molar-refractivity contribution in [2.45, 2.75) is 38.2 Å². The molecule has 6 heteroatoms. The number of hydrogen-bond acceptors (Lipinski definition) is 3. The van der Waals surface area contributed by atoms with Crippen LogP contribution in [-0.2, 0) is 4.74 Å². The SMILES string of the molecule is COC(C=NC(C)N(C)C)C/C=C/CC(F)(F)F. The standard InChI is InChI=1S/C12H21F3N2O/c1-10(17(2)3)16-9-11(18-4)7-5-6-8-12(13,14)15/h5-6,9-11H,7-8H2,1-4H3/b6-5+,16-9?. The second-order valence-corrected chi connectivity index (χ2v) is 4.19. The zero-order chi connectivity index (χ0) is 14.2. The number of nitrogens with zero attached hydrogens (tertiary/aromatic N) is 2. The van der Waals surface area contributed by atoms with Crippen molar-refractivity contribution in [3.05, 3.63) is 12.2 Å². The van der Waals surface area contributed by atoms with E-state index in [0.717, 1.165) is 6.08 Å². The Morgan fingerprint density at radius 2 is 1.89 bits per heavy atom. The maximum absolute atomic E-state index is 11.9. The van der Waals surface area contributed by atoms with Gasteiger partial charge in [0.25, 0.3) is 0 Å². The summed E-state index contributed by atoms with van der Waals surface area (Å²) in [6.07, 6.45) is -0.748. The Kier molecular flexibility index (Phi) is 7.86. The van der Waals surface area contributed by atoms with Crippen molar-refractivity contribution in [1.29, 1.82) is 0 Å². The van der Waals surface area contributed by atoms with Gasteiger partial charge in [0.05, 0.1) is 18.7 Å². The quantitative estimate of drug-likeness (QED) is 0.523. The van der Waals surface area contributed by atoms with Crippen LogP contribution in [0.3, 0.4) is 0 Å². The normalized spacial score (nSPS) is 16.9. The minimum absolute atomic E-state index is 0.0156. The zero-order valence-electron chi connectivity index (χ0n) is 11.2. The lowest BCUT2D eigenvalue weighted by molar-refractivity contribution is -0.125. The van der Waals surface area contributed by atoms with E-state index in [9.17, 15) is 13.2 Å². The summed E-state index contributed by atoms with van der Waals surface area (Å²) >= 11 is 0. The molecular formula is C12H21F3N2O. The predicted molar refractivity (Wildman–Crippen MR) is 66.9 cm³/mol. The molecule has 3 nitrogen and oxygen atoms in total. The van der Waals surface area contributed by atoms with Crippen LogP contribution in [0.2, 0.25) is 0 Å². The van der Waals surface area contributed by atoms with Crippen LogP contribution in [0.15, 0.2) is 17.1 Å². The van der Waals surface area contributed by atoms with E-state index in [0.29, 0.717) is 6.42 Å². The molecular weight excluding hydrogens is 245 g/mol. The van der Waals surface area contributed by atoms with Gasteiger partial charge in [0.2, 0.25) is 0 Å². The highest BCUT2D eigenvalue weighted by Crippen LogP contribution is 2.19. The van der Waals surface area contributed by atoms with Gasteiger partial charge in [-0.25, -0.2) is 0 Å². The minimum Gasteiger partial charge on any atom is -0.375 e. The number of alkyl halides is 3. The van der Waals surface area contributed by atoms with Crippen LogP contribution in [0.25, 0.3) is 0 Å². The van der Waals surface area contributed by atoms with E-state index in [1.165, 1.54) is 13.2 Å². The summed E-state index contributed by atoms with van der Waals surface area (Å²) < 4.78 is 40.8. The first kappa shape index (κ1) is 17.1. The molecule has 0 spiro atoms. The molecule has 0 aromatic rings. The third-order valence-electron chi connectivity index (χ3n) is 2.40. The Bertz CT molecular complexity index is 275. The van der Waals surface area contributed by atoms with E-state index < -0.39 is 12.6 Å². The summed E-state index contributed by atoms with van der Waals surface area (Å²) in [5.74, 6) is 0. The maximum atomic E-state index is 11.9. The van der Waals surface area contributed by atoms with Crippen molar-refractivity contribution in [3.63, 3.8) is 0 Å². The average molecular weight is 266 g/mol. The fourth-order valence-corrected chi connectivity index (χ4v) is 1.02. The highest BCUT2D eigenvalue weighted by Gasteiger charge is 2.24. The third-order valence-corrected chi connectivity index (χ3v) is 2.40. The molecule has 2 atom stereocenters. The largest absolute Gasteiger partial charge is 0.392 e. The molecule has 0 aromatic heterocycles. The Morgan fingerprint density at radius 1 is 1.28 bits per heavy atom. The van der Waals surface area contributed by atoms with Gasteiger partial charge in [0, 0.05) is 13.3 Å². The van der Waals surface area contributed by atoms with Crippen LogP contribution in [0.5, 0.6) is 0 Å². The number of halogens is 3. The van der Waals surface area contributed by atoms with Crippen LogP contribution in [0, 0.1) is 0 Å². The fraction of sp³-hybridized carbons (Fsp3) is 0.750. The van der Waals surface area contributed by atoms with E-state index in [1.807, 2.05) is 25.9 Å². The summed E-state index contributed by atoms with van der Waals surface area (Å²) in [5, 5.41) is 0. The van der Waals surface area contributed by atoms with Crippen molar-refractivity contribution >= 4 is 6.21 Å². The van der Waals surface area contributed by atoms with Gasteiger partial charge in [-0.2, -0.15) is 13.2 Å². The molecule has 0 aliphatic heterocycles. The summed E-state index contributed by atoms with van der Waals surface area (Å²) in [5.41, 5.74) is 0. The van der Waals surface area contributed by atoms with Crippen molar-refractivity contribution in [3.8, 4) is 0 Å².